The second-order valence-corrected chi connectivity index (χ2v) is 7.61. The van der Waals surface area contributed by atoms with Gasteiger partial charge in [-0.15, -0.1) is 0 Å². The van der Waals surface area contributed by atoms with Crippen LogP contribution in [0.2, 0.25) is 0 Å². The Balaban J connectivity index is 1.99. The van der Waals surface area contributed by atoms with Gasteiger partial charge in [0.25, 0.3) is 0 Å². The summed E-state index contributed by atoms with van der Waals surface area (Å²) in [6.45, 7) is 9.19. The topological polar surface area (TPSA) is 79.5 Å². The maximum absolute atomic E-state index is 11.5. The minimum atomic E-state index is -3.50. The Morgan fingerprint density at radius 3 is 2.36 bits per heavy atom. The SMILES string of the molecule is CCC(Cc1ccc(N2CCN(CC)CC2)nc1)S(N)(=O)=O. The van der Waals surface area contributed by atoms with Gasteiger partial charge in [-0.25, -0.2) is 18.5 Å². The molecule has 1 aromatic rings. The predicted molar refractivity (Wildman–Crippen MR) is 89.5 cm³/mol. The predicted octanol–water partition coefficient (Wildman–Crippen LogP) is 0.833. The lowest BCUT2D eigenvalue weighted by Crippen LogP contribution is -2.46. The van der Waals surface area contributed by atoms with Gasteiger partial charge >= 0.3 is 0 Å². The third kappa shape index (κ3) is 4.41. The van der Waals surface area contributed by atoms with Crippen molar-refractivity contribution in [1.29, 1.82) is 0 Å². The van der Waals surface area contributed by atoms with Crippen LogP contribution in [0.25, 0.3) is 0 Å². The number of rotatable bonds is 6. The van der Waals surface area contributed by atoms with E-state index >= 15 is 0 Å². The maximum Gasteiger partial charge on any atom is 0.212 e. The zero-order valence-electron chi connectivity index (χ0n) is 13.4. The van der Waals surface area contributed by atoms with Gasteiger partial charge in [-0.1, -0.05) is 19.9 Å². The highest BCUT2D eigenvalue weighted by Crippen LogP contribution is 2.16. The molecule has 124 valence electrons. The summed E-state index contributed by atoms with van der Waals surface area (Å²) in [6, 6.07) is 3.94. The second kappa shape index (κ2) is 7.39. The molecule has 1 aromatic heterocycles. The Labute approximate surface area is 133 Å². The van der Waals surface area contributed by atoms with Crippen LogP contribution in [0.4, 0.5) is 5.82 Å². The molecule has 0 amide bonds. The molecule has 2 N–H and O–H groups in total. The van der Waals surface area contributed by atoms with Crippen LogP contribution < -0.4 is 10.0 Å². The van der Waals surface area contributed by atoms with Crippen LogP contribution in [0.1, 0.15) is 25.8 Å². The van der Waals surface area contributed by atoms with Crippen molar-refractivity contribution in [2.45, 2.75) is 31.9 Å². The molecule has 0 saturated carbocycles. The minimum absolute atomic E-state index is 0.423. The van der Waals surface area contributed by atoms with E-state index in [9.17, 15) is 8.42 Å². The van der Waals surface area contributed by atoms with Crippen molar-refractivity contribution in [2.24, 2.45) is 5.14 Å². The number of aromatic nitrogens is 1. The summed E-state index contributed by atoms with van der Waals surface area (Å²) in [6.07, 6.45) is 2.71. The quantitative estimate of drug-likeness (QED) is 0.838. The standard InChI is InChI=1S/C15H26N4O2S/c1-3-14(22(16,20)21)11-13-5-6-15(17-12-13)19-9-7-18(4-2)8-10-19/h5-6,12,14H,3-4,7-11H2,1-2H3,(H2,16,20,21). The van der Waals surface area contributed by atoms with Gasteiger partial charge in [0.2, 0.25) is 10.0 Å². The van der Waals surface area contributed by atoms with E-state index in [1.165, 1.54) is 0 Å². The largest absolute Gasteiger partial charge is 0.354 e. The Hall–Kier alpha value is -1.18. The van der Waals surface area contributed by atoms with E-state index in [0.29, 0.717) is 12.8 Å². The average Bonchev–Trinajstić information content (AvgIpc) is 2.52. The molecule has 1 atom stereocenters. The molecule has 0 bridgehead atoms. The zero-order valence-corrected chi connectivity index (χ0v) is 14.2. The monoisotopic (exact) mass is 326 g/mol. The highest BCUT2D eigenvalue weighted by Gasteiger charge is 2.20. The van der Waals surface area contributed by atoms with Gasteiger partial charge in [0.05, 0.1) is 5.25 Å². The van der Waals surface area contributed by atoms with Crippen molar-refractivity contribution in [2.75, 3.05) is 37.6 Å². The van der Waals surface area contributed by atoms with Crippen LogP contribution in [0.15, 0.2) is 18.3 Å². The molecule has 1 aliphatic rings. The number of likely N-dealkylation sites (N-methyl/N-ethyl adjacent to an activating group) is 1. The summed E-state index contributed by atoms with van der Waals surface area (Å²) >= 11 is 0. The lowest BCUT2D eigenvalue weighted by molar-refractivity contribution is 0.270. The first kappa shape index (κ1) is 17.2. The lowest BCUT2D eigenvalue weighted by atomic mass is 10.1. The molecule has 1 unspecified atom stereocenters. The number of pyridine rings is 1. The average molecular weight is 326 g/mol. The van der Waals surface area contributed by atoms with E-state index in [0.717, 1.165) is 44.1 Å². The molecule has 0 aromatic carbocycles. The lowest BCUT2D eigenvalue weighted by Gasteiger charge is -2.34. The number of nitrogens with zero attached hydrogens (tertiary/aromatic N) is 3. The molecule has 1 saturated heterocycles. The number of anilines is 1. The number of nitrogens with two attached hydrogens (primary N) is 1. The summed E-state index contributed by atoms with van der Waals surface area (Å²) in [4.78, 5) is 9.18. The van der Waals surface area contributed by atoms with E-state index < -0.39 is 15.3 Å². The Morgan fingerprint density at radius 1 is 1.23 bits per heavy atom. The fraction of sp³-hybridized carbons (Fsp3) is 0.667. The fourth-order valence-electron chi connectivity index (χ4n) is 2.77. The van der Waals surface area contributed by atoms with E-state index in [2.05, 4.69) is 21.7 Å². The van der Waals surface area contributed by atoms with Crippen molar-refractivity contribution >= 4 is 15.8 Å². The molecule has 1 aliphatic heterocycles. The summed E-state index contributed by atoms with van der Waals surface area (Å²) in [5.41, 5.74) is 0.914. The van der Waals surface area contributed by atoms with Crippen molar-refractivity contribution in [3.05, 3.63) is 23.9 Å². The van der Waals surface area contributed by atoms with Gasteiger partial charge in [0, 0.05) is 32.4 Å². The normalized spacial score (nSPS) is 18.4. The highest BCUT2D eigenvalue weighted by atomic mass is 32.2. The zero-order chi connectivity index (χ0) is 16.2. The molecule has 6 nitrogen and oxygen atoms in total. The Morgan fingerprint density at radius 2 is 1.91 bits per heavy atom. The van der Waals surface area contributed by atoms with Crippen molar-refractivity contribution < 1.29 is 8.42 Å². The number of primary sulfonamides is 1. The maximum atomic E-state index is 11.5. The third-order valence-electron chi connectivity index (χ3n) is 4.34. The van der Waals surface area contributed by atoms with Crippen LogP contribution >= 0.6 is 0 Å². The third-order valence-corrected chi connectivity index (χ3v) is 5.77. The summed E-state index contributed by atoms with van der Waals surface area (Å²) in [5, 5.41) is 4.72. The van der Waals surface area contributed by atoms with Crippen LogP contribution in [-0.4, -0.2) is 56.3 Å². The molecule has 22 heavy (non-hydrogen) atoms. The first-order chi connectivity index (χ1) is 10.4. The minimum Gasteiger partial charge on any atom is -0.354 e. The van der Waals surface area contributed by atoms with Crippen molar-refractivity contribution in [3.63, 3.8) is 0 Å². The number of hydrogen-bond acceptors (Lipinski definition) is 5. The molecule has 0 spiro atoms. The van der Waals surface area contributed by atoms with Gasteiger partial charge in [-0.3, -0.25) is 0 Å². The molecule has 2 rings (SSSR count). The summed E-state index contributed by atoms with van der Waals surface area (Å²) in [7, 11) is -3.50. The molecule has 1 fully saturated rings. The summed E-state index contributed by atoms with van der Waals surface area (Å²) < 4.78 is 23.0. The van der Waals surface area contributed by atoms with E-state index in [4.69, 9.17) is 5.14 Å². The van der Waals surface area contributed by atoms with Gasteiger partial charge < -0.3 is 9.80 Å². The first-order valence-electron chi connectivity index (χ1n) is 7.87. The van der Waals surface area contributed by atoms with E-state index in [-0.39, 0.29) is 0 Å². The molecular weight excluding hydrogens is 300 g/mol. The van der Waals surface area contributed by atoms with Gasteiger partial charge in [-0.2, -0.15) is 0 Å². The van der Waals surface area contributed by atoms with E-state index in [1.54, 1.807) is 6.20 Å². The highest BCUT2D eigenvalue weighted by molar-refractivity contribution is 7.89. The number of hydrogen-bond donors (Lipinski definition) is 1. The van der Waals surface area contributed by atoms with Crippen molar-refractivity contribution in [1.82, 2.24) is 9.88 Å². The second-order valence-electron chi connectivity index (χ2n) is 5.77. The number of sulfonamides is 1. The molecule has 0 aliphatic carbocycles. The molecule has 2 heterocycles. The Bertz CT molecular complexity index is 566. The Kier molecular flexibility index (Phi) is 5.77. The van der Waals surface area contributed by atoms with Gasteiger partial charge in [0.1, 0.15) is 5.82 Å². The smallest absolute Gasteiger partial charge is 0.212 e. The molecule has 7 heteroatoms. The fourth-order valence-corrected chi connectivity index (χ4v) is 3.66. The van der Waals surface area contributed by atoms with Gasteiger partial charge in [0.15, 0.2) is 0 Å². The van der Waals surface area contributed by atoms with Crippen LogP contribution in [-0.2, 0) is 16.4 Å². The van der Waals surface area contributed by atoms with Crippen LogP contribution in [0, 0.1) is 0 Å². The summed E-state index contributed by atoms with van der Waals surface area (Å²) in [5.74, 6) is 0.961. The first-order valence-corrected chi connectivity index (χ1v) is 9.48. The van der Waals surface area contributed by atoms with Crippen molar-refractivity contribution in [3.8, 4) is 0 Å². The number of piperazine rings is 1. The van der Waals surface area contributed by atoms with E-state index in [1.807, 2.05) is 19.1 Å². The van der Waals surface area contributed by atoms with Crippen LogP contribution in [0.5, 0.6) is 0 Å². The van der Waals surface area contributed by atoms with Crippen LogP contribution in [0.3, 0.4) is 0 Å². The molecule has 0 radical (unpaired) electrons. The molecular formula is C15H26N4O2S. The van der Waals surface area contributed by atoms with Gasteiger partial charge in [-0.05, 0) is 31.0 Å².